The Hall–Kier alpha value is -1.07. The zero-order valence-corrected chi connectivity index (χ0v) is 11.5. The van der Waals surface area contributed by atoms with Gasteiger partial charge in [0.15, 0.2) is 0 Å². The summed E-state index contributed by atoms with van der Waals surface area (Å²) in [4.78, 5) is 24.9. The summed E-state index contributed by atoms with van der Waals surface area (Å²) in [5.74, 6) is -1.60. The number of hydrogen-bond donors (Lipinski definition) is 1. The largest absolute Gasteiger partial charge is 0.481 e. The SMILES string of the molecule is CC(CN(C(=O)c1ccsc1Cl)C1CC1)C(=O)O. The van der Waals surface area contributed by atoms with E-state index in [9.17, 15) is 9.59 Å². The number of carbonyl (C=O) groups excluding carboxylic acids is 1. The number of halogens is 1. The van der Waals surface area contributed by atoms with E-state index in [-0.39, 0.29) is 18.5 Å². The lowest BCUT2D eigenvalue weighted by atomic mass is 10.1. The molecule has 1 aliphatic rings. The molecule has 1 saturated carbocycles. The fraction of sp³-hybridized carbons (Fsp3) is 0.500. The van der Waals surface area contributed by atoms with Crippen molar-refractivity contribution in [1.29, 1.82) is 0 Å². The van der Waals surface area contributed by atoms with Crippen molar-refractivity contribution >= 4 is 34.8 Å². The first-order valence-corrected chi connectivity index (χ1v) is 7.03. The second kappa shape index (κ2) is 5.28. The van der Waals surface area contributed by atoms with E-state index < -0.39 is 11.9 Å². The third-order valence-electron chi connectivity index (χ3n) is 2.99. The molecule has 1 aromatic heterocycles. The van der Waals surface area contributed by atoms with Crippen molar-refractivity contribution in [2.75, 3.05) is 6.54 Å². The van der Waals surface area contributed by atoms with Crippen LogP contribution < -0.4 is 0 Å². The van der Waals surface area contributed by atoms with Crippen LogP contribution in [0.5, 0.6) is 0 Å². The van der Waals surface area contributed by atoms with Gasteiger partial charge in [-0.05, 0) is 24.3 Å². The van der Waals surface area contributed by atoms with Crippen molar-refractivity contribution in [2.45, 2.75) is 25.8 Å². The maximum absolute atomic E-state index is 12.3. The lowest BCUT2D eigenvalue weighted by Crippen LogP contribution is -2.38. The van der Waals surface area contributed by atoms with Crippen LogP contribution >= 0.6 is 22.9 Å². The van der Waals surface area contributed by atoms with E-state index in [2.05, 4.69) is 0 Å². The number of carbonyl (C=O) groups is 2. The molecule has 2 rings (SSSR count). The average molecular weight is 288 g/mol. The molecule has 1 aliphatic carbocycles. The Kier molecular flexibility index (Phi) is 3.92. The molecule has 0 saturated heterocycles. The van der Waals surface area contributed by atoms with E-state index in [0.717, 1.165) is 12.8 Å². The van der Waals surface area contributed by atoms with Crippen molar-refractivity contribution in [3.8, 4) is 0 Å². The van der Waals surface area contributed by atoms with Crippen LogP contribution in [0.2, 0.25) is 4.34 Å². The summed E-state index contributed by atoms with van der Waals surface area (Å²) in [5.41, 5.74) is 0.478. The molecule has 1 amide bonds. The van der Waals surface area contributed by atoms with Gasteiger partial charge in [-0.2, -0.15) is 0 Å². The molecule has 1 atom stereocenters. The Balaban J connectivity index is 2.13. The Labute approximate surface area is 114 Å². The number of hydrogen-bond acceptors (Lipinski definition) is 3. The average Bonchev–Trinajstić information content (AvgIpc) is 3.07. The molecule has 0 bridgehead atoms. The summed E-state index contributed by atoms with van der Waals surface area (Å²) in [6.45, 7) is 1.85. The highest BCUT2D eigenvalue weighted by Crippen LogP contribution is 2.32. The number of rotatable bonds is 5. The maximum Gasteiger partial charge on any atom is 0.308 e. The van der Waals surface area contributed by atoms with Gasteiger partial charge in [0.1, 0.15) is 4.34 Å². The zero-order chi connectivity index (χ0) is 13.3. The molecule has 1 N–H and O–H groups in total. The Morgan fingerprint density at radius 1 is 1.61 bits per heavy atom. The van der Waals surface area contributed by atoms with E-state index >= 15 is 0 Å². The highest BCUT2D eigenvalue weighted by Gasteiger charge is 2.35. The molecular formula is C12H14ClNO3S. The van der Waals surface area contributed by atoms with Gasteiger partial charge in [0.25, 0.3) is 5.91 Å². The fourth-order valence-corrected chi connectivity index (χ4v) is 2.66. The monoisotopic (exact) mass is 287 g/mol. The number of carboxylic acid groups (broad SMARTS) is 1. The summed E-state index contributed by atoms with van der Waals surface area (Å²) in [6.07, 6.45) is 1.89. The number of nitrogens with zero attached hydrogens (tertiary/aromatic N) is 1. The van der Waals surface area contributed by atoms with E-state index in [1.807, 2.05) is 0 Å². The molecule has 98 valence electrons. The molecule has 1 fully saturated rings. The van der Waals surface area contributed by atoms with E-state index in [4.69, 9.17) is 16.7 Å². The lowest BCUT2D eigenvalue weighted by molar-refractivity contribution is -0.141. The summed E-state index contributed by atoms with van der Waals surface area (Å²) in [7, 11) is 0. The van der Waals surface area contributed by atoms with Crippen molar-refractivity contribution < 1.29 is 14.7 Å². The standard InChI is InChI=1S/C12H14ClNO3S/c1-7(12(16)17)6-14(8-2-3-8)11(15)9-4-5-18-10(9)13/h4-5,7-8H,2-3,6H2,1H3,(H,16,17). The van der Waals surface area contributed by atoms with Crippen LogP contribution in [0.3, 0.4) is 0 Å². The van der Waals surface area contributed by atoms with Crippen LogP contribution in [-0.4, -0.2) is 34.5 Å². The minimum absolute atomic E-state index is 0.156. The third kappa shape index (κ3) is 2.84. The van der Waals surface area contributed by atoms with E-state index in [1.54, 1.807) is 23.3 Å². The minimum atomic E-state index is -0.884. The van der Waals surface area contributed by atoms with E-state index in [1.165, 1.54) is 11.3 Å². The fourth-order valence-electron chi connectivity index (χ4n) is 1.76. The van der Waals surface area contributed by atoms with Crippen LogP contribution in [-0.2, 0) is 4.79 Å². The Morgan fingerprint density at radius 3 is 2.72 bits per heavy atom. The molecular weight excluding hydrogens is 274 g/mol. The molecule has 1 unspecified atom stereocenters. The second-order valence-electron chi connectivity index (χ2n) is 4.54. The lowest BCUT2D eigenvalue weighted by Gasteiger charge is -2.24. The highest BCUT2D eigenvalue weighted by atomic mass is 35.5. The van der Waals surface area contributed by atoms with Gasteiger partial charge in [-0.25, -0.2) is 0 Å². The van der Waals surface area contributed by atoms with Gasteiger partial charge in [0, 0.05) is 12.6 Å². The number of aliphatic carboxylic acids is 1. The Morgan fingerprint density at radius 2 is 2.28 bits per heavy atom. The van der Waals surface area contributed by atoms with Gasteiger partial charge in [0.05, 0.1) is 11.5 Å². The van der Waals surface area contributed by atoms with Gasteiger partial charge in [-0.15, -0.1) is 11.3 Å². The Bertz CT molecular complexity index is 470. The van der Waals surface area contributed by atoms with Crippen LogP contribution in [0.1, 0.15) is 30.1 Å². The molecule has 1 aromatic rings. The first-order chi connectivity index (χ1) is 8.50. The van der Waals surface area contributed by atoms with Crippen molar-refractivity contribution in [1.82, 2.24) is 4.90 Å². The predicted molar refractivity (Wildman–Crippen MR) is 70.2 cm³/mol. The molecule has 0 radical (unpaired) electrons. The molecule has 0 aromatic carbocycles. The van der Waals surface area contributed by atoms with Crippen LogP contribution in [0.25, 0.3) is 0 Å². The van der Waals surface area contributed by atoms with Gasteiger partial charge >= 0.3 is 5.97 Å². The van der Waals surface area contributed by atoms with Crippen LogP contribution in [0, 0.1) is 5.92 Å². The number of thiophene rings is 1. The molecule has 0 spiro atoms. The van der Waals surface area contributed by atoms with E-state index in [0.29, 0.717) is 9.90 Å². The smallest absolute Gasteiger partial charge is 0.308 e. The predicted octanol–water partition coefficient (Wildman–Crippen LogP) is 2.73. The summed E-state index contributed by atoms with van der Waals surface area (Å²) < 4.78 is 0.466. The van der Waals surface area contributed by atoms with Gasteiger partial charge in [-0.1, -0.05) is 18.5 Å². The summed E-state index contributed by atoms with van der Waals surface area (Å²) in [6, 6.07) is 1.87. The zero-order valence-electron chi connectivity index (χ0n) is 9.93. The van der Waals surface area contributed by atoms with Gasteiger partial charge < -0.3 is 10.0 Å². The summed E-state index contributed by atoms with van der Waals surface area (Å²) in [5, 5.41) is 10.7. The van der Waals surface area contributed by atoms with Gasteiger partial charge in [0.2, 0.25) is 0 Å². The normalized spacial score (nSPS) is 16.3. The van der Waals surface area contributed by atoms with Crippen molar-refractivity contribution in [3.63, 3.8) is 0 Å². The van der Waals surface area contributed by atoms with Crippen molar-refractivity contribution in [2.24, 2.45) is 5.92 Å². The molecule has 1 heterocycles. The molecule has 6 heteroatoms. The summed E-state index contributed by atoms with van der Waals surface area (Å²) >= 11 is 7.27. The quantitative estimate of drug-likeness (QED) is 0.906. The second-order valence-corrected chi connectivity index (χ2v) is 6.05. The molecule has 18 heavy (non-hydrogen) atoms. The highest BCUT2D eigenvalue weighted by molar-refractivity contribution is 7.14. The topological polar surface area (TPSA) is 57.6 Å². The first kappa shape index (κ1) is 13.4. The first-order valence-electron chi connectivity index (χ1n) is 5.77. The minimum Gasteiger partial charge on any atom is -0.481 e. The third-order valence-corrected chi connectivity index (χ3v) is 4.16. The van der Waals surface area contributed by atoms with Crippen LogP contribution in [0.15, 0.2) is 11.4 Å². The maximum atomic E-state index is 12.3. The van der Waals surface area contributed by atoms with Gasteiger partial charge in [-0.3, -0.25) is 9.59 Å². The molecule has 4 nitrogen and oxygen atoms in total. The number of amides is 1. The number of carboxylic acids is 1. The van der Waals surface area contributed by atoms with Crippen LogP contribution in [0.4, 0.5) is 0 Å². The molecule has 0 aliphatic heterocycles. The van der Waals surface area contributed by atoms with Crippen molar-refractivity contribution in [3.05, 3.63) is 21.3 Å².